The Balaban J connectivity index is 1.48. The van der Waals surface area contributed by atoms with Crippen LogP contribution < -0.4 is 4.74 Å². The fourth-order valence-electron chi connectivity index (χ4n) is 2.32. The number of nitrogens with zero attached hydrogens (tertiary/aromatic N) is 3. The normalized spacial score (nSPS) is 19.6. The Kier molecular flexibility index (Phi) is 4.47. The number of aromatic nitrogens is 2. The lowest BCUT2D eigenvalue weighted by Gasteiger charge is -2.31. The first-order valence-corrected chi connectivity index (χ1v) is 7.13. The molecule has 2 heterocycles. The summed E-state index contributed by atoms with van der Waals surface area (Å²) >= 11 is 0. The third kappa shape index (κ3) is 3.80. The molecule has 1 aliphatic rings. The number of rotatable bonds is 5. The highest BCUT2D eigenvalue weighted by atomic mass is 16.5. The lowest BCUT2D eigenvalue weighted by atomic mass is 10.2. The number of para-hydroxylation sites is 1. The summed E-state index contributed by atoms with van der Waals surface area (Å²) in [6.07, 6.45) is -0.118. The maximum Gasteiger partial charge on any atom is 0.223 e. The summed E-state index contributed by atoms with van der Waals surface area (Å²) in [5, 5.41) is 3.93. The van der Waals surface area contributed by atoms with Gasteiger partial charge in [-0.15, -0.1) is 0 Å². The predicted octanol–water partition coefficient (Wildman–Crippen LogP) is 1.83. The van der Waals surface area contributed by atoms with Gasteiger partial charge in [-0.1, -0.05) is 23.4 Å². The van der Waals surface area contributed by atoms with E-state index < -0.39 is 0 Å². The Morgan fingerprint density at radius 3 is 2.95 bits per heavy atom. The van der Waals surface area contributed by atoms with E-state index >= 15 is 0 Å². The van der Waals surface area contributed by atoms with Gasteiger partial charge in [-0.05, 0) is 12.1 Å². The van der Waals surface area contributed by atoms with E-state index in [1.165, 1.54) is 0 Å². The topological polar surface area (TPSA) is 60.6 Å². The van der Waals surface area contributed by atoms with Crippen molar-refractivity contribution in [3.05, 3.63) is 42.0 Å². The molecule has 21 heavy (non-hydrogen) atoms. The molecule has 0 saturated carbocycles. The summed E-state index contributed by atoms with van der Waals surface area (Å²) in [6, 6.07) is 9.85. The minimum Gasteiger partial charge on any atom is -0.492 e. The molecule has 0 spiro atoms. The van der Waals surface area contributed by atoms with Gasteiger partial charge in [0.15, 0.2) is 0 Å². The van der Waals surface area contributed by atoms with Crippen molar-refractivity contribution < 1.29 is 14.0 Å². The molecule has 0 unspecified atom stereocenters. The first-order valence-electron chi connectivity index (χ1n) is 7.13. The lowest BCUT2D eigenvalue weighted by molar-refractivity contribution is -0.0379. The second-order valence-corrected chi connectivity index (χ2v) is 4.99. The minimum atomic E-state index is -0.118. The quantitative estimate of drug-likeness (QED) is 0.837. The van der Waals surface area contributed by atoms with Gasteiger partial charge in [0, 0.05) is 26.6 Å². The third-order valence-electron chi connectivity index (χ3n) is 3.40. The van der Waals surface area contributed by atoms with Crippen molar-refractivity contribution in [3.8, 4) is 5.75 Å². The molecule has 1 aromatic carbocycles. The second-order valence-electron chi connectivity index (χ2n) is 4.99. The van der Waals surface area contributed by atoms with Crippen LogP contribution in [-0.4, -0.2) is 47.9 Å². The van der Waals surface area contributed by atoms with Crippen LogP contribution in [0.1, 0.15) is 17.8 Å². The molecule has 6 nitrogen and oxygen atoms in total. The van der Waals surface area contributed by atoms with Gasteiger partial charge in [0.25, 0.3) is 0 Å². The van der Waals surface area contributed by atoms with Gasteiger partial charge in [-0.3, -0.25) is 4.90 Å². The Morgan fingerprint density at radius 1 is 1.33 bits per heavy atom. The van der Waals surface area contributed by atoms with E-state index in [0.717, 1.165) is 25.4 Å². The molecule has 1 aromatic heterocycles. The van der Waals surface area contributed by atoms with Gasteiger partial charge in [0.1, 0.15) is 18.5 Å². The molecule has 0 bridgehead atoms. The van der Waals surface area contributed by atoms with Crippen LogP contribution in [0.3, 0.4) is 0 Å². The fourth-order valence-corrected chi connectivity index (χ4v) is 2.32. The maximum absolute atomic E-state index is 5.72. The van der Waals surface area contributed by atoms with Crippen molar-refractivity contribution in [2.75, 3.05) is 32.8 Å². The average Bonchev–Trinajstić information content (AvgIpc) is 2.95. The van der Waals surface area contributed by atoms with Crippen LogP contribution >= 0.6 is 0 Å². The van der Waals surface area contributed by atoms with E-state index in [0.29, 0.717) is 24.9 Å². The standard InChI is InChI=1S/C15H19N3O3/c1-12-16-15(17-21-12)14-11-18(8-10-20-14)7-9-19-13-5-3-2-4-6-13/h2-6,14H,7-11H2,1H3/t14-/m1/s1. The van der Waals surface area contributed by atoms with Gasteiger partial charge in [-0.2, -0.15) is 4.98 Å². The highest BCUT2D eigenvalue weighted by molar-refractivity contribution is 5.20. The number of ether oxygens (including phenoxy) is 2. The molecule has 0 N–H and O–H groups in total. The summed E-state index contributed by atoms with van der Waals surface area (Å²) in [4.78, 5) is 6.53. The largest absolute Gasteiger partial charge is 0.492 e. The van der Waals surface area contributed by atoms with Crippen LogP contribution in [0.2, 0.25) is 0 Å². The van der Waals surface area contributed by atoms with Crippen molar-refractivity contribution in [1.29, 1.82) is 0 Å². The summed E-state index contributed by atoms with van der Waals surface area (Å²) in [7, 11) is 0. The molecule has 2 aromatic rings. The lowest BCUT2D eigenvalue weighted by Crippen LogP contribution is -2.40. The number of hydrogen-bond donors (Lipinski definition) is 0. The molecule has 3 rings (SSSR count). The first-order chi connectivity index (χ1) is 10.3. The van der Waals surface area contributed by atoms with Crippen molar-refractivity contribution in [2.45, 2.75) is 13.0 Å². The molecular weight excluding hydrogens is 270 g/mol. The Hall–Kier alpha value is -1.92. The summed E-state index contributed by atoms with van der Waals surface area (Å²) < 4.78 is 16.4. The molecule has 1 fully saturated rings. The molecule has 1 aliphatic heterocycles. The molecule has 112 valence electrons. The Labute approximate surface area is 123 Å². The zero-order valence-corrected chi connectivity index (χ0v) is 12.1. The van der Waals surface area contributed by atoms with Crippen LogP contribution in [0, 0.1) is 6.92 Å². The number of benzene rings is 1. The smallest absolute Gasteiger partial charge is 0.223 e. The van der Waals surface area contributed by atoms with Crippen molar-refractivity contribution >= 4 is 0 Å². The van der Waals surface area contributed by atoms with E-state index in [9.17, 15) is 0 Å². The Morgan fingerprint density at radius 2 is 2.19 bits per heavy atom. The molecule has 1 atom stereocenters. The van der Waals surface area contributed by atoms with E-state index in [1.807, 2.05) is 30.3 Å². The average molecular weight is 289 g/mol. The zero-order valence-electron chi connectivity index (χ0n) is 12.1. The fraction of sp³-hybridized carbons (Fsp3) is 0.467. The predicted molar refractivity (Wildman–Crippen MR) is 76.1 cm³/mol. The van der Waals surface area contributed by atoms with Gasteiger partial charge in [0.05, 0.1) is 6.61 Å². The highest BCUT2D eigenvalue weighted by Gasteiger charge is 2.25. The summed E-state index contributed by atoms with van der Waals surface area (Å²) in [6.45, 7) is 5.62. The first kappa shape index (κ1) is 14.0. The molecule has 0 amide bonds. The van der Waals surface area contributed by atoms with Crippen LogP contribution in [0.15, 0.2) is 34.9 Å². The molecular formula is C15H19N3O3. The maximum atomic E-state index is 5.72. The van der Waals surface area contributed by atoms with Crippen LogP contribution in [0.25, 0.3) is 0 Å². The molecule has 0 aliphatic carbocycles. The monoisotopic (exact) mass is 289 g/mol. The Bertz CT molecular complexity index is 558. The van der Waals surface area contributed by atoms with Crippen LogP contribution in [-0.2, 0) is 4.74 Å². The number of hydrogen-bond acceptors (Lipinski definition) is 6. The third-order valence-corrected chi connectivity index (χ3v) is 3.40. The molecule has 0 radical (unpaired) electrons. The SMILES string of the molecule is Cc1nc([C@H]2CN(CCOc3ccccc3)CCO2)no1. The van der Waals surface area contributed by atoms with Gasteiger partial charge in [-0.25, -0.2) is 0 Å². The second kappa shape index (κ2) is 6.69. The van der Waals surface area contributed by atoms with Gasteiger partial charge < -0.3 is 14.0 Å². The molecule has 1 saturated heterocycles. The molecule has 6 heteroatoms. The van der Waals surface area contributed by atoms with Crippen molar-refractivity contribution in [2.24, 2.45) is 0 Å². The van der Waals surface area contributed by atoms with Crippen molar-refractivity contribution in [3.63, 3.8) is 0 Å². The van der Waals surface area contributed by atoms with Crippen LogP contribution in [0.5, 0.6) is 5.75 Å². The summed E-state index contributed by atoms with van der Waals surface area (Å²) in [5.74, 6) is 2.09. The zero-order chi connectivity index (χ0) is 14.5. The van der Waals surface area contributed by atoms with Gasteiger partial charge >= 0.3 is 0 Å². The number of aryl methyl sites for hydroxylation is 1. The van der Waals surface area contributed by atoms with E-state index in [1.54, 1.807) is 6.92 Å². The van der Waals surface area contributed by atoms with E-state index in [-0.39, 0.29) is 6.10 Å². The van der Waals surface area contributed by atoms with E-state index in [2.05, 4.69) is 15.0 Å². The summed E-state index contributed by atoms with van der Waals surface area (Å²) in [5.41, 5.74) is 0. The van der Waals surface area contributed by atoms with Crippen molar-refractivity contribution in [1.82, 2.24) is 15.0 Å². The van der Waals surface area contributed by atoms with Gasteiger partial charge in [0.2, 0.25) is 11.7 Å². The van der Waals surface area contributed by atoms with Crippen LogP contribution in [0.4, 0.5) is 0 Å². The minimum absolute atomic E-state index is 0.118. The van der Waals surface area contributed by atoms with E-state index in [4.69, 9.17) is 14.0 Å². The highest BCUT2D eigenvalue weighted by Crippen LogP contribution is 2.19. The number of morpholine rings is 1.